The number of hydrogen-bond donors (Lipinski definition) is 0. The summed E-state index contributed by atoms with van der Waals surface area (Å²) in [5, 5.41) is 3.96. The van der Waals surface area contributed by atoms with Gasteiger partial charge in [0.15, 0.2) is 5.76 Å². The Morgan fingerprint density at radius 3 is 3.14 bits per heavy atom. The molecule has 22 heavy (non-hydrogen) atoms. The number of esters is 1. The normalized spacial score (nSPS) is 18.7. The smallest absolute Gasteiger partial charge is 0.341 e. The molecule has 2 aromatic rings. The number of furan rings is 1. The fraction of sp³-hybridized carbons (Fsp3) is 0.500. The highest BCUT2D eigenvalue weighted by Crippen LogP contribution is 2.34. The number of aryl methyl sites for hydroxylation is 1. The molecule has 1 aliphatic rings. The van der Waals surface area contributed by atoms with E-state index in [0.717, 1.165) is 30.8 Å². The molecule has 3 heterocycles. The Morgan fingerprint density at radius 2 is 2.41 bits per heavy atom. The average Bonchev–Trinajstić information content (AvgIpc) is 3.20. The van der Waals surface area contributed by atoms with E-state index in [-0.39, 0.29) is 12.0 Å². The molecule has 0 aromatic carbocycles. The summed E-state index contributed by atoms with van der Waals surface area (Å²) in [5.41, 5.74) is 1.38. The van der Waals surface area contributed by atoms with Gasteiger partial charge in [0.25, 0.3) is 0 Å². The second-order valence-corrected chi connectivity index (χ2v) is 5.48. The summed E-state index contributed by atoms with van der Waals surface area (Å²) in [5.74, 6) is 1.18. The third-order valence-electron chi connectivity index (χ3n) is 3.93. The summed E-state index contributed by atoms with van der Waals surface area (Å²) in [4.78, 5) is 14.2. The van der Waals surface area contributed by atoms with Gasteiger partial charge in [0.05, 0.1) is 31.2 Å². The lowest BCUT2D eigenvalue weighted by Gasteiger charge is -2.21. The van der Waals surface area contributed by atoms with Gasteiger partial charge in [0.2, 0.25) is 0 Å². The zero-order valence-electron chi connectivity index (χ0n) is 12.9. The van der Waals surface area contributed by atoms with Crippen LogP contribution in [0.15, 0.2) is 27.3 Å². The quantitative estimate of drug-likeness (QED) is 0.791. The number of rotatable bonds is 5. The van der Waals surface area contributed by atoms with Gasteiger partial charge in [0, 0.05) is 6.07 Å². The van der Waals surface area contributed by atoms with E-state index in [0.29, 0.717) is 24.5 Å². The highest BCUT2D eigenvalue weighted by Gasteiger charge is 2.31. The topological polar surface area (TPSA) is 68.7 Å². The molecule has 0 N–H and O–H groups in total. The first-order valence-corrected chi connectivity index (χ1v) is 7.59. The highest BCUT2D eigenvalue weighted by atomic mass is 16.5. The van der Waals surface area contributed by atoms with Crippen LogP contribution in [-0.4, -0.2) is 29.2 Å². The van der Waals surface area contributed by atoms with Crippen molar-refractivity contribution in [3.8, 4) is 0 Å². The van der Waals surface area contributed by atoms with Crippen LogP contribution in [0, 0.1) is 6.92 Å². The molecule has 6 nitrogen and oxygen atoms in total. The maximum atomic E-state index is 11.9. The van der Waals surface area contributed by atoms with Crippen LogP contribution in [0.4, 0.5) is 0 Å². The van der Waals surface area contributed by atoms with E-state index >= 15 is 0 Å². The Balaban J connectivity index is 1.75. The van der Waals surface area contributed by atoms with Crippen LogP contribution in [0.1, 0.15) is 53.4 Å². The molecular formula is C16H20N2O4. The number of aromatic nitrogens is 1. The maximum absolute atomic E-state index is 11.9. The molecule has 1 saturated heterocycles. The van der Waals surface area contributed by atoms with Crippen LogP contribution >= 0.6 is 0 Å². The Hall–Kier alpha value is -2.08. The van der Waals surface area contributed by atoms with Gasteiger partial charge in [-0.25, -0.2) is 4.79 Å². The van der Waals surface area contributed by atoms with Crippen molar-refractivity contribution < 1.29 is 18.5 Å². The first-order valence-electron chi connectivity index (χ1n) is 7.59. The van der Waals surface area contributed by atoms with Crippen molar-refractivity contribution in [3.05, 3.63) is 41.2 Å². The van der Waals surface area contributed by atoms with Gasteiger partial charge in [-0.15, -0.1) is 0 Å². The van der Waals surface area contributed by atoms with Crippen LogP contribution in [0.25, 0.3) is 0 Å². The Bertz CT molecular complexity index is 646. The number of likely N-dealkylation sites (tertiary alicyclic amines) is 1. The number of carbonyl (C=O) groups is 1. The molecule has 118 valence electrons. The van der Waals surface area contributed by atoms with E-state index in [1.165, 1.54) is 6.26 Å². The fourth-order valence-corrected chi connectivity index (χ4v) is 2.92. The zero-order chi connectivity index (χ0) is 15.5. The standard InChI is InChI=1S/C16H20N2O4/c1-3-20-16(19)12-6-8-21-15(12)10-18-7-4-5-13(18)14-9-11(2)17-22-14/h6,8-9,13H,3-5,7,10H2,1-2H3. The summed E-state index contributed by atoms with van der Waals surface area (Å²) < 4.78 is 16.0. The third-order valence-corrected chi connectivity index (χ3v) is 3.93. The van der Waals surface area contributed by atoms with Crippen molar-refractivity contribution in [2.24, 2.45) is 0 Å². The van der Waals surface area contributed by atoms with Gasteiger partial charge >= 0.3 is 5.97 Å². The minimum absolute atomic E-state index is 0.182. The molecule has 1 atom stereocenters. The van der Waals surface area contributed by atoms with Gasteiger partial charge in [0.1, 0.15) is 11.3 Å². The minimum atomic E-state index is -0.336. The Kier molecular flexibility index (Phi) is 4.29. The van der Waals surface area contributed by atoms with Gasteiger partial charge in [-0.05, 0) is 39.3 Å². The van der Waals surface area contributed by atoms with Crippen molar-refractivity contribution in [2.45, 2.75) is 39.3 Å². The largest absolute Gasteiger partial charge is 0.467 e. The molecule has 3 rings (SSSR count). The lowest BCUT2D eigenvalue weighted by atomic mass is 10.1. The SMILES string of the molecule is CCOC(=O)c1ccoc1CN1CCCC1c1cc(C)no1. The Labute approximate surface area is 129 Å². The van der Waals surface area contributed by atoms with Crippen LogP contribution in [-0.2, 0) is 11.3 Å². The lowest BCUT2D eigenvalue weighted by molar-refractivity contribution is 0.0521. The highest BCUT2D eigenvalue weighted by molar-refractivity contribution is 5.90. The number of carbonyl (C=O) groups excluding carboxylic acids is 1. The van der Waals surface area contributed by atoms with E-state index in [2.05, 4.69) is 10.1 Å². The van der Waals surface area contributed by atoms with Crippen molar-refractivity contribution in [3.63, 3.8) is 0 Å². The Morgan fingerprint density at radius 1 is 1.55 bits per heavy atom. The summed E-state index contributed by atoms with van der Waals surface area (Å²) in [6.07, 6.45) is 3.63. The molecule has 0 bridgehead atoms. The van der Waals surface area contributed by atoms with Crippen LogP contribution in [0.3, 0.4) is 0 Å². The summed E-state index contributed by atoms with van der Waals surface area (Å²) in [6.45, 7) is 5.56. The second kappa shape index (κ2) is 6.36. The lowest BCUT2D eigenvalue weighted by Crippen LogP contribution is -2.23. The molecule has 0 spiro atoms. The van der Waals surface area contributed by atoms with Crippen molar-refractivity contribution in [1.82, 2.24) is 10.1 Å². The molecule has 0 radical (unpaired) electrons. The maximum Gasteiger partial charge on any atom is 0.341 e. The van der Waals surface area contributed by atoms with Crippen LogP contribution in [0.5, 0.6) is 0 Å². The molecule has 0 aliphatic carbocycles. The van der Waals surface area contributed by atoms with Gasteiger partial charge < -0.3 is 13.7 Å². The monoisotopic (exact) mass is 304 g/mol. The van der Waals surface area contributed by atoms with E-state index in [1.54, 1.807) is 13.0 Å². The molecule has 2 aromatic heterocycles. The number of ether oxygens (including phenoxy) is 1. The minimum Gasteiger partial charge on any atom is -0.467 e. The predicted octanol–water partition coefficient (Wildman–Crippen LogP) is 3.09. The molecule has 1 fully saturated rings. The zero-order valence-corrected chi connectivity index (χ0v) is 12.9. The number of hydrogen-bond acceptors (Lipinski definition) is 6. The van der Waals surface area contributed by atoms with Crippen molar-refractivity contribution in [1.29, 1.82) is 0 Å². The molecule has 0 amide bonds. The fourth-order valence-electron chi connectivity index (χ4n) is 2.92. The van der Waals surface area contributed by atoms with E-state index < -0.39 is 0 Å². The molecule has 0 saturated carbocycles. The van der Waals surface area contributed by atoms with Crippen molar-refractivity contribution in [2.75, 3.05) is 13.2 Å². The third kappa shape index (κ3) is 2.92. The van der Waals surface area contributed by atoms with E-state index in [4.69, 9.17) is 13.7 Å². The van der Waals surface area contributed by atoms with Crippen molar-refractivity contribution >= 4 is 5.97 Å². The average molecular weight is 304 g/mol. The summed E-state index contributed by atoms with van der Waals surface area (Å²) in [6, 6.07) is 3.82. The second-order valence-electron chi connectivity index (χ2n) is 5.48. The van der Waals surface area contributed by atoms with Crippen LogP contribution < -0.4 is 0 Å². The molecule has 1 unspecified atom stereocenters. The number of nitrogens with zero attached hydrogens (tertiary/aromatic N) is 2. The van der Waals surface area contributed by atoms with E-state index in [9.17, 15) is 4.79 Å². The molecular weight excluding hydrogens is 284 g/mol. The first-order chi connectivity index (χ1) is 10.7. The predicted molar refractivity (Wildman–Crippen MR) is 78.3 cm³/mol. The summed E-state index contributed by atoms with van der Waals surface area (Å²) in [7, 11) is 0. The molecule has 6 heteroatoms. The van der Waals surface area contributed by atoms with Gasteiger partial charge in [-0.2, -0.15) is 0 Å². The molecule has 1 aliphatic heterocycles. The van der Waals surface area contributed by atoms with E-state index in [1.807, 2.05) is 13.0 Å². The van der Waals surface area contributed by atoms with Crippen LogP contribution in [0.2, 0.25) is 0 Å². The first kappa shape index (κ1) is 14.8. The van der Waals surface area contributed by atoms with Gasteiger partial charge in [-0.1, -0.05) is 5.16 Å². The van der Waals surface area contributed by atoms with Gasteiger partial charge in [-0.3, -0.25) is 4.90 Å². The summed E-state index contributed by atoms with van der Waals surface area (Å²) >= 11 is 0.